The SMILES string of the molecule is CCC(C)(C)OC(=O)NCCCN=COC. The molecule has 0 radical (unpaired) electrons. The normalized spacial score (nSPS) is 11.5. The van der Waals surface area contributed by atoms with Gasteiger partial charge < -0.3 is 14.8 Å². The van der Waals surface area contributed by atoms with Crippen molar-refractivity contribution in [2.45, 2.75) is 39.2 Å². The van der Waals surface area contributed by atoms with E-state index in [1.165, 1.54) is 6.40 Å². The third kappa shape index (κ3) is 8.08. The Balaban J connectivity index is 3.55. The van der Waals surface area contributed by atoms with Gasteiger partial charge in [-0.3, -0.25) is 4.99 Å². The van der Waals surface area contributed by atoms with Gasteiger partial charge in [-0.2, -0.15) is 0 Å². The van der Waals surface area contributed by atoms with Crippen LogP contribution in [0, 0.1) is 0 Å². The lowest BCUT2D eigenvalue weighted by atomic mass is 10.1. The van der Waals surface area contributed by atoms with Gasteiger partial charge in [-0.15, -0.1) is 0 Å². The molecule has 0 unspecified atom stereocenters. The van der Waals surface area contributed by atoms with E-state index in [4.69, 9.17) is 4.74 Å². The highest BCUT2D eigenvalue weighted by Crippen LogP contribution is 2.13. The van der Waals surface area contributed by atoms with Gasteiger partial charge >= 0.3 is 6.09 Å². The lowest BCUT2D eigenvalue weighted by molar-refractivity contribution is 0.0363. The minimum atomic E-state index is -0.404. The van der Waals surface area contributed by atoms with Crippen molar-refractivity contribution in [1.29, 1.82) is 0 Å². The number of carbonyl (C=O) groups is 1. The lowest BCUT2D eigenvalue weighted by Crippen LogP contribution is -2.34. The summed E-state index contributed by atoms with van der Waals surface area (Å²) in [5.41, 5.74) is -0.404. The largest absolute Gasteiger partial charge is 0.487 e. The quantitative estimate of drug-likeness (QED) is 0.413. The highest BCUT2D eigenvalue weighted by atomic mass is 16.6. The molecule has 0 saturated heterocycles. The average molecular weight is 230 g/mol. The maximum absolute atomic E-state index is 11.3. The Bertz CT molecular complexity index is 227. The van der Waals surface area contributed by atoms with Crippen molar-refractivity contribution in [3.8, 4) is 0 Å². The first kappa shape index (κ1) is 14.7. The molecule has 0 aliphatic carbocycles. The van der Waals surface area contributed by atoms with Crippen molar-refractivity contribution in [3.63, 3.8) is 0 Å². The number of carbonyl (C=O) groups excluding carboxylic acids is 1. The number of alkyl carbamates (subject to hydrolysis) is 1. The minimum Gasteiger partial charge on any atom is -0.487 e. The third-order valence-electron chi connectivity index (χ3n) is 2.13. The summed E-state index contributed by atoms with van der Waals surface area (Å²) in [5.74, 6) is 0. The second kappa shape index (κ2) is 7.96. The molecule has 0 aliphatic heterocycles. The van der Waals surface area contributed by atoms with Crippen LogP contribution in [0.2, 0.25) is 0 Å². The Kier molecular flexibility index (Phi) is 7.33. The highest BCUT2D eigenvalue weighted by molar-refractivity contribution is 5.67. The van der Waals surface area contributed by atoms with Crippen molar-refractivity contribution in [2.24, 2.45) is 4.99 Å². The van der Waals surface area contributed by atoms with Crippen LogP contribution in [-0.2, 0) is 9.47 Å². The second-order valence-electron chi connectivity index (χ2n) is 4.03. The molecule has 1 amide bonds. The first-order valence-corrected chi connectivity index (χ1v) is 5.49. The molecule has 16 heavy (non-hydrogen) atoms. The maximum atomic E-state index is 11.3. The molecule has 0 aromatic carbocycles. The van der Waals surface area contributed by atoms with Crippen LogP contribution >= 0.6 is 0 Å². The standard InChI is InChI=1S/C11H22N2O3/c1-5-11(2,3)16-10(14)13-8-6-7-12-9-15-4/h9H,5-8H2,1-4H3,(H,13,14). The summed E-state index contributed by atoms with van der Waals surface area (Å²) < 4.78 is 9.85. The number of rotatable bonds is 7. The monoisotopic (exact) mass is 230 g/mol. The zero-order chi connectivity index (χ0) is 12.4. The van der Waals surface area contributed by atoms with Gasteiger partial charge in [0.15, 0.2) is 6.40 Å². The summed E-state index contributed by atoms with van der Waals surface area (Å²) in [6, 6.07) is 0. The third-order valence-corrected chi connectivity index (χ3v) is 2.13. The Morgan fingerprint density at radius 1 is 1.50 bits per heavy atom. The molecule has 0 atom stereocenters. The zero-order valence-electron chi connectivity index (χ0n) is 10.6. The Morgan fingerprint density at radius 2 is 2.19 bits per heavy atom. The van der Waals surface area contributed by atoms with Crippen LogP contribution in [0.4, 0.5) is 4.79 Å². The van der Waals surface area contributed by atoms with Crippen LogP contribution in [0.15, 0.2) is 4.99 Å². The topological polar surface area (TPSA) is 59.9 Å². The van der Waals surface area contributed by atoms with Crippen LogP contribution in [0.1, 0.15) is 33.6 Å². The smallest absolute Gasteiger partial charge is 0.407 e. The van der Waals surface area contributed by atoms with Gasteiger partial charge in [-0.1, -0.05) is 6.92 Å². The van der Waals surface area contributed by atoms with Gasteiger partial charge in [-0.25, -0.2) is 4.79 Å². The summed E-state index contributed by atoms with van der Waals surface area (Å²) in [7, 11) is 1.55. The highest BCUT2D eigenvalue weighted by Gasteiger charge is 2.19. The Hall–Kier alpha value is -1.26. The molecule has 0 aromatic heterocycles. The maximum Gasteiger partial charge on any atom is 0.407 e. The summed E-state index contributed by atoms with van der Waals surface area (Å²) >= 11 is 0. The van der Waals surface area contributed by atoms with Gasteiger partial charge in [0.25, 0.3) is 0 Å². The van der Waals surface area contributed by atoms with Crippen LogP contribution in [0.25, 0.3) is 0 Å². The Labute approximate surface area is 97.2 Å². The first-order valence-electron chi connectivity index (χ1n) is 5.49. The molecule has 0 heterocycles. The molecule has 5 heteroatoms. The summed E-state index contributed by atoms with van der Waals surface area (Å²) in [6.07, 6.45) is 2.57. The fraction of sp³-hybridized carbons (Fsp3) is 0.818. The van der Waals surface area contributed by atoms with Crippen LogP contribution in [0.3, 0.4) is 0 Å². The predicted molar refractivity (Wildman–Crippen MR) is 63.8 cm³/mol. The first-order chi connectivity index (χ1) is 7.52. The van der Waals surface area contributed by atoms with Gasteiger partial charge in [0.05, 0.1) is 7.11 Å². The summed E-state index contributed by atoms with van der Waals surface area (Å²) in [4.78, 5) is 15.2. The van der Waals surface area contributed by atoms with E-state index in [-0.39, 0.29) is 6.09 Å². The van der Waals surface area contributed by atoms with E-state index in [1.807, 2.05) is 20.8 Å². The molecule has 0 fully saturated rings. The molecular weight excluding hydrogens is 208 g/mol. The summed E-state index contributed by atoms with van der Waals surface area (Å²) in [5, 5.41) is 2.67. The lowest BCUT2D eigenvalue weighted by Gasteiger charge is -2.23. The average Bonchev–Trinajstić information content (AvgIpc) is 2.22. The van der Waals surface area contributed by atoms with Crippen LogP contribution in [0.5, 0.6) is 0 Å². The fourth-order valence-electron chi connectivity index (χ4n) is 0.847. The molecule has 0 spiro atoms. The van der Waals surface area contributed by atoms with Gasteiger partial charge in [0, 0.05) is 13.1 Å². The van der Waals surface area contributed by atoms with Crippen molar-refractivity contribution >= 4 is 12.5 Å². The van der Waals surface area contributed by atoms with Crippen molar-refractivity contribution < 1.29 is 14.3 Å². The van der Waals surface area contributed by atoms with E-state index in [2.05, 4.69) is 15.0 Å². The predicted octanol–water partition coefficient (Wildman–Crippen LogP) is 1.97. The minimum absolute atomic E-state index is 0.373. The molecule has 94 valence electrons. The van der Waals surface area contributed by atoms with Gasteiger partial charge in [-0.05, 0) is 26.7 Å². The molecule has 1 N–H and O–H groups in total. The Morgan fingerprint density at radius 3 is 2.75 bits per heavy atom. The number of hydrogen-bond acceptors (Lipinski definition) is 4. The van der Waals surface area contributed by atoms with Crippen molar-refractivity contribution in [3.05, 3.63) is 0 Å². The van der Waals surface area contributed by atoms with E-state index in [0.717, 1.165) is 12.8 Å². The molecule has 0 bridgehead atoms. The molecule has 0 aliphatic rings. The van der Waals surface area contributed by atoms with Gasteiger partial charge in [0.1, 0.15) is 5.60 Å². The van der Waals surface area contributed by atoms with Crippen LogP contribution < -0.4 is 5.32 Å². The zero-order valence-corrected chi connectivity index (χ0v) is 10.6. The van der Waals surface area contributed by atoms with E-state index >= 15 is 0 Å². The molecule has 0 aromatic rings. The van der Waals surface area contributed by atoms with E-state index < -0.39 is 5.60 Å². The number of nitrogens with one attached hydrogen (secondary N) is 1. The summed E-state index contributed by atoms with van der Waals surface area (Å²) in [6.45, 7) is 6.93. The molecule has 0 saturated carbocycles. The van der Waals surface area contributed by atoms with Gasteiger partial charge in [0.2, 0.25) is 0 Å². The number of hydrogen-bond donors (Lipinski definition) is 1. The fourth-order valence-corrected chi connectivity index (χ4v) is 0.847. The molecular formula is C11H22N2O3. The molecule has 5 nitrogen and oxygen atoms in total. The van der Waals surface area contributed by atoms with E-state index in [9.17, 15) is 4.79 Å². The number of nitrogens with zero attached hydrogens (tertiary/aromatic N) is 1. The number of ether oxygens (including phenoxy) is 2. The van der Waals surface area contributed by atoms with E-state index in [1.54, 1.807) is 7.11 Å². The molecule has 0 rings (SSSR count). The van der Waals surface area contributed by atoms with Crippen molar-refractivity contribution in [2.75, 3.05) is 20.2 Å². The number of aliphatic imine (C=N–C) groups is 1. The second-order valence-corrected chi connectivity index (χ2v) is 4.03. The van der Waals surface area contributed by atoms with Crippen molar-refractivity contribution in [1.82, 2.24) is 5.32 Å². The van der Waals surface area contributed by atoms with Crippen LogP contribution in [-0.4, -0.2) is 38.3 Å². The number of amides is 1. The van der Waals surface area contributed by atoms with E-state index in [0.29, 0.717) is 13.1 Å². The number of methoxy groups -OCH3 is 1.